The topological polar surface area (TPSA) is 20.3 Å². The molecule has 1 aliphatic heterocycles. The van der Waals surface area contributed by atoms with E-state index in [9.17, 15) is 9.18 Å². The van der Waals surface area contributed by atoms with Crippen molar-refractivity contribution in [3.63, 3.8) is 0 Å². The zero-order chi connectivity index (χ0) is 9.64. The Labute approximate surface area is 78.1 Å². The van der Waals surface area contributed by atoms with Crippen molar-refractivity contribution < 1.29 is 9.18 Å². The normalized spacial score (nSPS) is 26.0. The monoisotopic (exact) mass is 185 g/mol. The van der Waals surface area contributed by atoms with Crippen LogP contribution in [0.25, 0.3) is 0 Å². The molecule has 0 aromatic carbocycles. The summed E-state index contributed by atoms with van der Waals surface area (Å²) in [5, 5.41) is 0. The van der Waals surface area contributed by atoms with Crippen LogP contribution in [-0.4, -0.2) is 29.6 Å². The summed E-state index contributed by atoms with van der Waals surface area (Å²) in [5.74, 6) is 0.349. The van der Waals surface area contributed by atoms with Gasteiger partial charge in [-0.15, -0.1) is 0 Å². The van der Waals surface area contributed by atoms with E-state index in [1.165, 1.54) is 0 Å². The van der Waals surface area contributed by atoms with Gasteiger partial charge in [0.1, 0.15) is 5.67 Å². The van der Waals surface area contributed by atoms with Crippen LogP contribution in [0, 0.1) is 11.8 Å². The number of alkyl halides is 1. The van der Waals surface area contributed by atoms with Crippen molar-refractivity contribution in [3.8, 4) is 0 Å². The van der Waals surface area contributed by atoms with E-state index < -0.39 is 5.67 Å². The molecule has 0 N–H and O–H groups in total. The molecule has 0 aromatic heterocycles. The Morgan fingerprint density at radius 1 is 1.46 bits per heavy atom. The molecule has 0 aromatic rings. The molecule has 0 radical (unpaired) electrons. The number of carbonyl (C=O) groups is 1. The predicted octanol–water partition coefficient (Wildman–Crippen LogP) is 1.60. The third-order valence-electron chi connectivity index (χ3n) is 3.02. The van der Waals surface area contributed by atoms with Crippen LogP contribution in [0.4, 0.5) is 4.39 Å². The standard InChI is InChI=1S/C10H16FNO/c1-7(2)9(13)12-5-10(11,6-12)8-3-4-8/h7-8H,3-6H2,1-2H3. The van der Waals surface area contributed by atoms with Gasteiger partial charge in [0.15, 0.2) is 0 Å². The summed E-state index contributed by atoms with van der Waals surface area (Å²) in [5.41, 5.74) is -1.02. The summed E-state index contributed by atoms with van der Waals surface area (Å²) in [4.78, 5) is 13.1. The summed E-state index contributed by atoms with van der Waals surface area (Å²) in [6.45, 7) is 4.40. The Kier molecular flexibility index (Phi) is 1.86. The maximum Gasteiger partial charge on any atom is 0.225 e. The lowest BCUT2D eigenvalue weighted by atomic mass is 9.90. The van der Waals surface area contributed by atoms with Gasteiger partial charge >= 0.3 is 0 Å². The Balaban J connectivity index is 1.86. The third-order valence-corrected chi connectivity index (χ3v) is 3.02. The van der Waals surface area contributed by atoms with Crippen molar-refractivity contribution in [2.24, 2.45) is 11.8 Å². The second-order valence-corrected chi connectivity index (χ2v) is 4.66. The quantitative estimate of drug-likeness (QED) is 0.640. The molecule has 2 aliphatic rings. The SMILES string of the molecule is CC(C)C(=O)N1CC(F)(C2CC2)C1. The average molecular weight is 185 g/mol. The first-order valence-electron chi connectivity index (χ1n) is 5.00. The van der Waals surface area contributed by atoms with Crippen molar-refractivity contribution in [3.05, 3.63) is 0 Å². The fourth-order valence-corrected chi connectivity index (χ4v) is 1.97. The largest absolute Gasteiger partial charge is 0.336 e. The van der Waals surface area contributed by atoms with E-state index in [1.54, 1.807) is 4.90 Å². The zero-order valence-electron chi connectivity index (χ0n) is 8.22. The van der Waals surface area contributed by atoms with Crippen LogP contribution in [-0.2, 0) is 4.79 Å². The van der Waals surface area contributed by atoms with E-state index in [4.69, 9.17) is 0 Å². The maximum absolute atomic E-state index is 13.8. The predicted molar refractivity (Wildman–Crippen MR) is 48.0 cm³/mol. The molecule has 3 heteroatoms. The van der Waals surface area contributed by atoms with E-state index >= 15 is 0 Å². The first kappa shape index (κ1) is 8.97. The lowest BCUT2D eigenvalue weighted by Crippen LogP contribution is -2.62. The summed E-state index contributed by atoms with van der Waals surface area (Å²) in [6, 6.07) is 0. The number of nitrogens with zero attached hydrogens (tertiary/aromatic N) is 1. The number of hydrogen-bond acceptors (Lipinski definition) is 1. The van der Waals surface area contributed by atoms with E-state index in [0.717, 1.165) is 12.8 Å². The van der Waals surface area contributed by atoms with Crippen LogP contribution < -0.4 is 0 Å². The van der Waals surface area contributed by atoms with Gasteiger partial charge in [0, 0.05) is 5.92 Å². The minimum absolute atomic E-state index is 0.00348. The van der Waals surface area contributed by atoms with Gasteiger partial charge in [-0.25, -0.2) is 4.39 Å². The van der Waals surface area contributed by atoms with E-state index in [-0.39, 0.29) is 17.7 Å². The van der Waals surface area contributed by atoms with Crippen molar-refractivity contribution in [1.82, 2.24) is 4.90 Å². The van der Waals surface area contributed by atoms with Crippen LogP contribution in [0.5, 0.6) is 0 Å². The molecular weight excluding hydrogens is 169 g/mol. The van der Waals surface area contributed by atoms with E-state index in [0.29, 0.717) is 13.1 Å². The number of hydrogen-bond donors (Lipinski definition) is 0. The van der Waals surface area contributed by atoms with Crippen LogP contribution in [0.2, 0.25) is 0 Å². The van der Waals surface area contributed by atoms with Gasteiger partial charge in [-0.3, -0.25) is 4.79 Å². The lowest BCUT2D eigenvalue weighted by molar-refractivity contribution is -0.150. The molecular formula is C10H16FNO. The Morgan fingerprint density at radius 3 is 2.38 bits per heavy atom. The van der Waals surface area contributed by atoms with Crippen LogP contribution in [0.3, 0.4) is 0 Å². The molecule has 0 unspecified atom stereocenters. The molecule has 2 rings (SSSR count). The van der Waals surface area contributed by atoms with Crippen LogP contribution in [0.1, 0.15) is 26.7 Å². The molecule has 1 saturated heterocycles. The molecule has 1 saturated carbocycles. The van der Waals surface area contributed by atoms with Crippen molar-refractivity contribution >= 4 is 5.91 Å². The summed E-state index contributed by atoms with van der Waals surface area (Å²) < 4.78 is 13.8. The highest BCUT2D eigenvalue weighted by molar-refractivity contribution is 5.79. The lowest BCUT2D eigenvalue weighted by Gasteiger charge is -2.45. The van der Waals surface area contributed by atoms with Gasteiger partial charge in [-0.05, 0) is 18.8 Å². The van der Waals surface area contributed by atoms with Gasteiger partial charge < -0.3 is 4.90 Å². The maximum atomic E-state index is 13.8. The molecule has 0 bridgehead atoms. The Bertz CT molecular complexity index is 229. The summed E-state index contributed by atoms with van der Waals surface area (Å²) in [7, 11) is 0. The zero-order valence-corrected chi connectivity index (χ0v) is 8.22. The number of likely N-dealkylation sites (tertiary alicyclic amines) is 1. The fraction of sp³-hybridized carbons (Fsp3) is 0.900. The molecule has 74 valence electrons. The molecule has 1 heterocycles. The minimum atomic E-state index is -1.02. The van der Waals surface area contributed by atoms with Crippen LogP contribution in [0.15, 0.2) is 0 Å². The Hall–Kier alpha value is -0.600. The second kappa shape index (κ2) is 2.69. The van der Waals surface area contributed by atoms with Gasteiger partial charge in [-0.1, -0.05) is 13.8 Å². The molecule has 13 heavy (non-hydrogen) atoms. The average Bonchev–Trinajstić information content (AvgIpc) is 2.79. The molecule has 1 aliphatic carbocycles. The molecule has 0 atom stereocenters. The van der Waals surface area contributed by atoms with E-state index in [2.05, 4.69) is 0 Å². The fourth-order valence-electron chi connectivity index (χ4n) is 1.97. The van der Waals surface area contributed by atoms with Crippen LogP contribution >= 0.6 is 0 Å². The first-order chi connectivity index (χ1) is 6.03. The summed E-state index contributed by atoms with van der Waals surface area (Å²) in [6.07, 6.45) is 2.03. The highest BCUT2D eigenvalue weighted by Crippen LogP contribution is 2.47. The number of amides is 1. The molecule has 0 spiro atoms. The molecule has 2 nitrogen and oxygen atoms in total. The number of carbonyl (C=O) groups excluding carboxylic acids is 1. The highest BCUT2D eigenvalue weighted by atomic mass is 19.1. The van der Waals surface area contributed by atoms with Gasteiger partial charge in [0.05, 0.1) is 13.1 Å². The van der Waals surface area contributed by atoms with E-state index in [1.807, 2.05) is 13.8 Å². The van der Waals surface area contributed by atoms with Gasteiger partial charge in [-0.2, -0.15) is 0 Å². The van der Waals surface area contributed by atoms with Gasteiger partial charge in [0.25, 0.3) is 0 Å². The van der Waals surface area contributed by atoms with Gasteiger partial charge in [0.2, 0.25) is 5.91 Å². The number of halogens is 1. The minimum Gasteiger partial charge on any atom is -0.336 e. The molecule has 1 amide bonds. The summed E-state index contributed by atoms with van der Waals surface area (Å²) >= 11 is 0. The molecule has 2 fully saturated rings. The second-order valence-electron chi connectivity index (χ2n) is 4.66. The number of rotatable bonds is 2. The smallest absolute Gasteiger partial charge is 0.225 e. The van der Waals surface area contributed by atoms with Crippen molar-refractivity contribution in [2.75, 3.05) is 13.1 Å². The van der Waals surface area contributed by atoms with Crippen molar-refractivity contribution in [2.45, 2.75) is 32.4 Å². The highest BCUT2D eigenvalue weighted by Gasteiger charge is 2.55. The third kappa shape index (κ3) is 1.45. The van der Waals surface area contributed by atoms with Crippen molar-refractivity contribution in [1.29, 1.82) is 0 Å². The Morgan fingerprint density at radius 2 is 2.00 bits per heavy atom. The first-order valence-corrected chi connectivity index (χ1v) is 5.00.